The van der Waals surface area contributed by atoms with Crippen LogP contribution in [0.3, 0.4) is 0 Å². The molecule has 1 aromatic carbocycles. The van der Waals surface area contributed by atoms with E-state index in [1.807, 2.05) is 0 Å². The van der Waals surface area contributed by atoms with Crippen LogP contribution in [0.4, 0.5) is 10.1 Å². The second-order valence-corrected chi connectivity index (χ2v) is 4.01. The van der Waals surface area contributed by atoms with Crippen molar-refractivity contribution in [2.24, 2.45) is 0 Å². The number of benzene rings is 1. The molecule has 0 unspecified atom stereocenters. The predicted octanol–water partition coefficient (Wildman–Crippen LogP) is 1.98. The summed E-state index contributed by atoms with van der Waals surface area (Å²) in [6, 6.07) is 5.82. The molecular formula is C13H14FN3O2. The minimum absolute atomic E-state index is 0.348. The molecule has 0 aliphatic rings. The third kappa shape index (κ3) is 2.90. The molecule has 1 N–H and O–H groups in total. The smallest absolute Gasteiger partial charge is 0.327 e. The van der Waals surface area contributed by atoms with Gasteiger partial charge >= 0.3 is 5.97 Å². The Morgan fingerprint density at radius 3 is 2.89 bits per heavy atom. The number of aromatic nitrogens is 2. The highest BCUT2D eigenvalue weighted by Gasteiger charge is 2.13. The second kappa shape index (κ2) is 5.51. The zero-order valence-corrected chi connectivity index (χ0v) is 10.6. The molecule has 0 saturated carbocycles. The highest BCUT2D eigenvalue weighted by atomic mass is 19.1. The zero-order valence-electron chi connectivity index (χ0n) is 10.6. The van der Waals surface area contributed by atoms with Crippen LogP contribution in [0.2, 0.25) is 0 Å². The molecule has 1 heterocycles. The number of esters is 1. The molecule has 5 nitrogen and oxygen atoms in total. The van der Waals surface area contributed by atoms with Gasteiger partial charge in [0.1, 0.15) is 17.5 Å². The highest BCUT2D eigenvalue weighted by molar-refractivity contribution is 5.78. The number of halogens is 1. The summed E-state index contributed by atoms with van der Waals surface area (Å²) in [6.45, 7) is 1.67. The Balaban J connectivity index is 2.16. The van der Waals surface area contributed by atoms with Gasteiger partial charge in [-0.2, -0.15) is 5.10 Å². The Morgan fingerprint density at radius 1 is 1.47 bits per heavy atom. The average Bonchev–Trinajstić information content (AvgIpc) is 2.86. The van der Waals surface area contributed by atoms with Gasteiger partial charge in [-0.3, -0.25) is 0 Å². The van der Waals surface area contributed by atoms with Crippen molar-refractivity contribution >= 4 is 11.7 Å². The van der Waals surface area contributed by atoms with Gasteiger partial charge in [0.2, 0.25) is 0 Å². The summed E-state index contributed by atoms with van der Waals surface area (Å²) >= 11 is 0. The van der Waals surface area contributed by atoms with Gasteiger partial charge in [0, 0.05) is 0 Å². The molecule has 1 aromatic heterocycles. The predicted molar refractivity (Wildman–Crippen MR) is 68.6 cm³/mol. The summed E-state index contributed by atoms with van der Waals surface area (Å²) in [6.07, 6.45) is 3.13. The standard InChI is InChI=1S/C13H14FN3O2/c1-9(13(18)19-2)16-10-7-15-17(8-10)12-6-4-3-5-11(12)14/h3-9,16H,1-2H3/t9-/m0/s1. The topological polar surface area (TPSA) is 56.1 Å². The first-order valence-corrected chi connectivity index (χ1v) is 5.75. The Bertz CT molecular complexity index is 583. The maximum absolute atomic E-state index is 13.6. The number of carbonyl (C=O) groups is 1. The molecule has 0 saturated heterocycles. The van der Waals surface area contributed by atoms with E-state index in [0.717, 1.165) is 0 Å². The normalized spacial score (nSPS) is 11.9. The van der Waals surface area contributed by atoms with Crippen molar-refractivity contribution < 1.29 is 13.9 Å². The zero-order chi connectivity index (χ0) is 13.8. The van der Waals surface area contributed by atoms with Crippen molar-refractivity contribution in [2.75, 3.05) is 12.4 Å². The summed E-state index contributed by atoms with van der Waals surface area (Å²) in [7, 11) is 1.32. The molecule has 0 bridgehead atoms. The molecule has 100 valence electrons. The third-order valence-electron chi connectivity index (χ3n) is 2.62. The summed E-state index contributed by atoms with van der Waals surface area (Å²) in [5, 5.41) is 6.97. The Morgan fingerprint density at radius 2 is 2.21 bits per heavy atom. The van der Waals surface area contributed by atoms with Gasteiger partial charge in [0.05, 0.1) is 25.2 Å². The number of anilines is 1. The van der Waals surface area contributed by atoms with Crippen LogP contribution in [0.1, 0.15) is 6.92 Å². The average molecular weight is 263 g/mol. The molecule has 0 fully saturated rings. The SMILES string of the molecule is COC(=O)[C@H](C)Nc1cnn(-c2ccccc2F)c1. The van der Waals surface area contributed by atoms with E-state index in [9.17, 15) is 9.18 Å². The molecule has 19 heavy (non-hydrogen) atoms. The number of nitrogens with one attached hydrogen (secondary N) is 1. The van der Waals surface area contributed by atoms with Gasteiger partial charge in [0.15, 0.2) is 0 Å². The fraction of sp³-hybridized carbons (Fsp3) is 0.231. The van der Waals surface area contributed by atoms with E-state index in [1.165, 1.54) is 24.1 Å². The Labute approximate surface area is 110 Å². The van der Waals surface area contributed by atoms with Crippen LogP contribution in [0, 0.1) is 5.82 Å². The van der Waals surface area contributed by atoms with Crippen LogP contribution >= 0.6 is 0 Å². The first-order valence-electron chi connectivity index (χ1n) is 5.75. The van der Waals surface area contributed by atoms with Gasteiger partial charge in [-0.25, -0.2) is 13.9 Å². The van der Waals surface area contributed by atoms with Crippen LogP contribution < -0.4 is 5.32 Å². The fourth-order valence-electron chi connectivity index (χ4n) is 1.65. The highest BCUT2D eigenvalue weighted by Crippen LogP contribution is 2.15. The quantitative estimate of drug-likeness (QED) is 0.857. The van der Waals surface area contributed by atoms with Crippen molar-refractivity contribution in [2.45, 2.75) is 13.0 Å². The number of carbonyl (C=O) groups excluding carboxylic acids is 1. The number of methoxy groups -OCH3 is 1. The summed E-state index contributed by atoms with van der Waals surface area (Å²) < 4.78 is 19.6. The molecule has 0 aliphatic heterocycles. The number of para-hydroxylation sites is 1. The van der Waals surface area contributed by atoms with Crippen molar-refractivity contribution in [1.29, 1.82) is 0 Å². The lowest BCUT2D eigenvalue weighted by atomic mass is 10.3. The van der Waals surface area contributed by atoms with E-state index in [0.29, 0.717) is 11.4 Å². The van der Waals surface area contributed by atoms with E-state index in [1.54, 1.807) is 31.3 Å². The van der Waals surface area contributed by atoms with Crippen molar-refractivity contribution in [3.63, 3.8) is 0 Å². The molecule has 2 rings (SSSR count). The number of hydrogen-bond acceptors (Lipinski definition) is 4. The monoisotopic (exact) mass is 263 g/mol. The van der Waals surface area contributed by atoms with E-state index in [2.05, 4.69) is 15.2 Å². The van der Waals surface area contributed by atoms with Gasteiger partial charge in [-0.1, -0.05) is 12.1 Å². The largest absolute Gasteiger partial charge is 0.467 e. The molecule has 2 aromatic rings. The molecular weight excluding hydrogens is 249 g/mol. The fourth-order valence-corrected chi connectivity index (χ4v) is 1.65. The molecule has 0 radical (unpaired) electrons. The van der Waals surface area contributed by atoms with Crippen LogP contribution in [0.15, 0.2) is 36.7 Å². The molecule has 0 spiro atoms. The van der Waals surface area contributed by atoms with Crippen LogP contribution in [-0.2, 0) is 9.53 Å². The lowest BCUT2D eigenvalue weighted by Crippen LogP contribution is -2.26. The van der Waals surface area contributed by atoms with Crippen LogP contribution in [-0.4, -0.2) is 28.9 Å². The van der Waals surface area contributed by atoms with E-state index in [4.69, 9.17) is 0 Å². The summed E-state index contributed by atoms with van der Waals surface area (Å²) in [5.74, 6) is -0.739. The van der Waals surface area contributed by atoms with Crippen molar-refractivity contribution in [1.82, 2.24) is 9.78 Å². The van der Waals surface area contributed by atoms with Gasteiger partial charge in [-0.15, -0.1) is 0 Å². The number of nitrogens with zero attached hydrogens (tertiary/aromatic N) is 2. The lowest BCUT2D eigenvalue weighted by Gasteiger charge is -2.10. The van der Waals surface area contributed by atoms with Gasteiger partial charge in [0.25, 0.3) is 0 Å². The number of hydrogen-bond donors (Lipinski definition) is 1. The second-order valence-electron chi connectivity index (χ2n) is 4.01. The molecule has 0 amide bonds. The van der Waals surface area contributed by atoms with Crippen LogP contribution in [0.5, 0.6) is 0 Å². The van der Waals surface area contributed by atoms with Crippen LogP contribution in [0.25, 0.3) is 5.69 Å². The van der Waals surface area contributed by atoms with Crippen molar-refractivity contribution in [3.05, 3.63) is 42.5 Å². The summed E-state index contributed by atoms with van der Waals surface area (Å²) in [5.41, 5.74) is 0.961. The maximum atomic E-state index is 13.6. The first-order chi connectivity index (χ1) is 9.11. The van der Waals surface area contributed by atoms with E-state index < -0.39 is 6.04 Å². The van der Waals surface area contributed by atoms with Gasteiger partial charge in [-0.05, 0) is 19.1 Å². The molecule has 1 atom stereocenters. The first kappa shape index (κ1) is 13.1. The Hall–Kier alpha value is -2.37. The summed E-state index contributed by atoms with van der Waals surface area (Å²) in [4.78, 5) is 11.3. The molecule has 0 aliphatic carbocycles. The third-order valence-corrected chi connectivity index (χ3v) is 2.62. The number of rotatable bonds is 4. The van der Waals surface area contributed by atoms with E-state index in [-0.39, 0.29) is 11.8 Å². The lowest BCUT2D eigenvalue weighted by molar-refractivity contribution is -0.141. The van der Waals surface area contributed by atoms with Gasteiger partial charge < -0.3 is 10.1 Å². The minimum atomic E-state index is -0.497. The molecule has 6 heteroatoms. The van der Waals surface area contributed by atoms with E-state index >= 15 is 0 Å². The maximum Gasteiger partial charge on any atom is 0.327 e. The number of ether oxygens (including phenoxy) is 1. The minimum Gasteiger partial charge on any atom is -0.467 e. The van der Waals surface area contributed by atoms with Crippen molar-refractivity contribution in [3.8, 4) is 5.69 Å². The Kier molecular flexibility index (Phi) is 3.79.